The minimum Gasteiger partial charge on any atom is -0.466 e. The molecule has 10 heteroatoms. The molecule has 0 heterocycles. The number of ether oxygens (including phenoxy) is 2. The van der Waals surface area contributed by atoms with Crippen molar-refractivity contribution in [1.82, 2.24) is 15.5 Å². The van der Waals surface area contributed by atoms with Crippen molar-refractivity contribution < 1.29 is 28.7 Å². The molecule has 0 bridgehead atoms. The van der Waals surface area contributed by atoms with Crippen molar-refractivity contribution in [2.45, 2.75) is 58.2 Å². The van der Waals surface area contributed by atoms with E-state index in [4.69, 9.17) is 9.47 Å². The number of rotatable bonds is 13. The number of carbonyl (C=O) groups excluding carboxylic acids is 4. The van der Waals surface area contributed by atoms with Crippen LogP contribution in [0.1, 0.15) is 56.8 Å². The van der Waals surface area contributed by atoms with Crippen LogP contribution >= 0.6 is 0 Å². The molecule has 0 spiro atoms. The summed E-state index contributed by atoms with van der Waals surface area (Å²) in [6.45, 7) is 10.3. The molecular formula is C31H38N4O6. The van der Waals surface area contributed by atoms with Gasteiger partial charge in [0.05, 0.1) is 19.1 Å². The Hall–Kier alpha value is -4.65. The fourth-order valence-corrected chi connectivity index (χ4v) is 4.02. The number of nitrogens with one attached hydrogen (secondary N) is 2. The minimum absolute atomic E-state index is 0.0342. The molecule has 2 aromatic carbocycles. The van der Waals surface area contributed by atoms with Gasteiger partial charge in [-0.2, -0.15) is 5.26 Å². The topological polar surface area (TPSA) is 138 Å². The number of benzene rings is 2. The zero-order valence-corrected chi connectivity index (χ0v) is 24.0. The molecule has 0 aliphatic carbocycles. The third kappa shape index (κ3) is 10.8. The summed E-state index contributed by atoms with van der Waals surface area (Å²) in [4.78, 5) is 53.4. The molecule has 218 valence electrons. The third-order valence-corrected chi connectivity index (χ3v) is 5.75. The lowest BCUT2D eigenvalue weighted by molar-refractivity contribution is -0.144. The van der Waals surface area contributed by atoms with Crippen molar-refractivity contribution in [3.8, 4) is 6.07 Å². The van der Waals surface area contributed by atoms with Crippen LogP contribution in [0.25, 0.3) is 6.08 Å². The van der Waals surface area contributed by atoms with Crippen molar-refractivity contribution >= 4 is 30.0 Å². The van der Waals surface area contributed by atoms with Crippen molar-refractivity contribution in [2.24, 2.45) is 0 Å². The van der Waals surface area contributed by atoms with Crippen molar-refractivity contribution in [2.75, 3.05) is 19.7 Å². The lowest BCUT2D eigenvalue weighted by Crippen LogP contribution is -2.54. The van der Waals surface area contributed by atoms with Gasteiger partial charge in [-0.05, 0) is 50.5 Å². The molecule has 10 nitrogen and oxygen atoms in total. The van der Waals surface area contributed by atoms with Gasteiger partial charge in [0.1, 0.15) is 24.2 Å². The van der Waals surface area contributed by atoms with Gasteiger partial charge in [0.25, 0.3) is 0 Å². The van der Waals surface area contributed by atoms with Crippen molar-refractivity contribution in [3.63, 3.8) is 0 Å². The van der Waals surface area contributed by atoms with Crippen LogP contribution in [-0.4, -0.2) is 60.1 Å². The molecule has 0 radical (unpaired) electrons. The van der Waals surface area contributed by atoms with E-state index in [0.717, 1.165) is 10.5 Å². The van der Waals surface area contributed by atoms with Crippen LogP contribution in [-0.2, 0) is 30.3 Å². The largest absolute Gasteiger partial charge is 0.466 e. The van der Waals surface area contributed by atoms with Gasteiger partial charge in [-0.15, -0.1) is 0 Å². The van der Waals surface area contributed by atoms with Gasteiger partial charge in [0.2, 0.25) is 11.8 Å². The molecule has 0 fully saturated rings. The van der Waals surface area contributed by atoms with Gasteiger partial charge in [-0.1, -0.05) is 61.2 Å². The van der Waals surface area contributed by atoms with E-state index in [1.807, 2.05) is 12.1 Å². The fourth-order valence-electron chi connectivity index (χ4n) is 4.02. The Morgan fingerprint density at radius 3 is 2.41 bits per heavy atom. The SMILES string of the molecule is C=Cc1cccc(C(C(=O)NCCC(=O)OCC)N(CC#N)C(=O)C(Cc2ccccc2)NC(=O)OC(C)(C)C)c1. The van der Waals surface area contributed by atoms with Crippen LogP contribution in [0.15, 0.2) is 61.2 Å². The third-order valence-electron chi connectivity index (χ3n) is 5.75. The smallest absolute Gasteiger partial charge is 0.408 e. The molecule has 0 aliphatic rings. The summed E-state index contributed by atoms with van der Waals surface area (Å²) in [7, 11) is 0. The Bertz CT molecular complexity index is 1250. The van der Waals surface area contributed by atoms with Crippen molar-refractivity contribution in [1.29, 1.82) is 5.26 Å². The molecule has 2 unspecified atom stereocenters. The predicted molar refractivity (Wildman–Crippen MR) is 154 cm³/mol. The maximum Gasteiger partial charge on any atom is 0.408 e. The van der Waals surface area contributed by atoms with Gasteiger partial charge in [-0.25, -0.2) is 4.79 Å². The Morgan fingerprint density at radius 1 is 1.10 bits per heavy atom. The Kier molecular flexibility index (Phi) is 12.6. The average Bonchev–Trinajstić information content (AvgIpc) is 2.92. The molecular weight excluding hydrogens is 524 g/mol. The Balaban J connectivity index is 2.49. The number of hydrogen-bond acceptors (Lipinski definition) is 7. The summed E-state index contributed by atoms with van der Waals surface area (Å²) < 4.78 is 10.3. The van der Waals surface area contributed by atoms with Gasteiger partial charge in [-0.3, -0.25) is 14.4 Å². The van der Waals surface area contributed by atoms with E-state index in [1.54, 1.807) is 82.3 Å². The number of nitrogens with zero attached hydrogens (tertiary/aromatic N) is 2. The highest BCUT2D eigenvalue weighted by atomic mass is 16.6. The number of carbonyl (C=O) groups is 4. The van der Waals surface area contributed by atoms with Crippen LogP contribution in [0.2, 0.25) is 0 Å². The summed E-state index contributed by atoms with van der Waals surface area (Å²) in [5.74, 6) is -1.74. The highest BCUT2D eigenvalue weighted by Gasteiger charge is 2.36. The van der Waals surface area contributed by atoms with Gasteiger partial charge < -0.3 is 25.0 Å². The molecule has 2 rings (SSSR count). The molecule has 2 atom stereocenters. The predicted octanol–water partition coefficient (Wildman–Crippen LogP) is 3.93. The van der Waals surface area contributed by atoms with E-state index in [9.17, 15) is 24.4 Å². The fraction of sp³-hybridized carbons (Fsp3) is 0.387. The van der Waals surface area contributed by atoms with Crippen LogP contribution in [0.3, 0.4) is 0 Å². The van der Waals surface area contributed by atoms with Gasteiger partial charge in [0, 0.05) is 13.0 Å². The molecule has 2 aromatic rings. The summed E-state index contributed by atoms with van der Waals surface area (Å²) in [5, 5.41) is 15.0. The molecule has 3 amide bonds. The second kappa shape index (κ2) is 15.8. The first kappa shape index (κ1) is 32.6. The van der Waals surface area contributed by atoms with Crippen LogP contribution in [0, 0.1) is 11.3 Å². The van der Waals surface area contributed by atoms with Crippen LogP contribution in [0.4, 0.5) is 4.79 Å². The molecule has 0 saturated heterocycles. The number of esters is 1. The van der Waals surface area contributed by atoms with Crippen LogP contribution < -0.4 is 10.6 Å². The number of hydrogen-bond donors (Lipinski definition) is 2. The quantitative estimate of drug-likeness (QED) is 0.279. The summed E-state index contributed by atoms with van der Waals surface area (Å²) >= 11 is 0. The highest BCUT2D eigenvalue weighted by molar-refractivity contribution is 5.92. The van der Waals surface area contributed by atoms with E-state index in [1.165, 1.54) is 0 Å². The van der Waals surface area contributed by atoms with Gasteiger partial charge >= 0.3 is 12.1 Å². The molecule has 2 N–H and O–H groups in total. The summed E-state index contributed by atoms with van der Waals surface area (Å²) in [5.41, 5.74) is 1.06. The number of alkyl carbamates (subject to hydrolysis) is 1. The monoisotopic (exact) mass is 562 g/mol. The first-order valence-electron chi connectivity index (χ1n) is 13.4. The van der Waals surface area contributed by atoms with Crippen molar-refractivity contribution in [3.05, 3.63) is 77.9 Å². The number of nitriles is 1. The zero-order chi connectivity index (χ0) is 30.4. The maximum atomic E-state index is 14.1. The normalized spacial score (nSPS) is 12.2. The number of amides is 3. The van der Waals surface area contributed by atoms with E-state index in [-0.39, 0.29) is 26.0 Å². The highest BCUT2D eigenvalue weighted by Crippen LogP contribution is 2.24. The first-order valence-corrected chi connectivity index (χ1v) is 13.4. The lowest BCUT2D eigenvalue weighted by atomic mass is 9.99. The van der Waals surface area contributed by atoms with E-state index >= 15 is 0 Å². The average molecular weight is 563 g/mol. The maximum absolute atomic E-state index is 14.1. The first-order chi connectivity index (χ1) is 19.5. The molecule has 0 saturated carbocycles. The zero-order valence-electron chi connectivity index (χ0n) is 24.0. The molecule has 41 heavy (non-hydrogen) atoms. The van der Waals surface area contributed by atoms with Crippen LogP contribution in [0.5, 0.6) is 0 Å². The van der Waals surface area contributed by atoms with E-state index < -0.39 is 48.1 Å². The van der Waals surface area contributed by atoms with E-state index in [0.29, 0.717) is 11.1 Å². The van der Waals surface area contributed by atoms with E-state index in [2.05, 4.69) is 17.2 Å². The summed E-state index contributed by atoms with van der Waals surface area (Å²) in [6, 6.07) is 15.5. The van der Waals surface area contributed by atoms with Gasteiger partial charge in [0.15, 0.2) is 0 Å². The second-order valence-corrected chi connectivity index (χ2v) is 10.1. The standard InChI is InChI=1S/C31H38N4O6/c1-6-22-14-11-15-24(20-22)27(28(37)33-18-16-26(36)40-7-2)35(19-17-32)29(38)25(21-23-12-9-8-10-13-23)34-30(39)41-31(3,4)5/h6,8-15,20,25,27H,1,7,16,18-19,21H2,2-5H3,(H,33,37)(H,34,39). The molecule has 0 aromatic heterocycles. The molecule has 0 aliphatic heterocycles. The lowest BCUT2D eigenvalue weighted by Gasteiger charge is -2.33. The Morgan fingerprint density at radius 2 is 1.80 bits per heavy atom. The second-order valence-electron chi connectivity index (χ2n) is 10.1. The summed E-state index contributed by atoms with van der Waals surface area (Å²) in [6.07, 6.45) is 0.804. The minimum atomic E-state index is -1.25. The Labute approximate surface area is 241 Å².